The molecular weight excluding hydrogens is 360 g/mol. The van der Waals surface area contributed by atoms with Crippen LogP contribution in [0.15, 0.2) is 78.9 Å². The van der Waals surface area contributed by atoms with Crippen LogP contribution in [-0.4, -0.2) is 20.9 Å². The van der Waals surface area contributed by atoms with Crippen molar-refractivity contribution in [1.29, 1.82) is 0 Å². The lowest BCUT2D eigenvalue weighted by Gasteiger charge is -2.31. The average molecular weight is 384 g/mol. The molecule has 1 amide bonds. The SMILES string of the molecule is CC(C)(C)C(NC(=O)c1ccc(-c2ccccc2)cc1)n1nnc2ccccc21. The maximum Gasteiger partial charge on any atom is 0.252 e. The Morgan fingerprint density at radius 1 is 0.862 bits per heavy atom. The third kappa shape index (κ3) is 3.90. The van der Waals surface area contributed by atoms with Crippen LogP contribution in [0.3, 0.4) is 0 Å². The number of carbonyl (C=O) groups excluding carboxylic acids is 1. The summed E-state index contributed by atoms with van der Waals surface area (Å²) in [5, 5.41) is 11.7. The molecule has 146 valence electrons. The third-order valence-electron chi connectivity index (χ3n) is 4.96. The second kappa shape index (κ2) is 7.51. The van der Waals surface area contributed by atoms with Gasteiger partial charge in [0, 0.05) is 11.0 Å². The molecule has 1 N–H and O–H groups in total. The molecule has 1 heterocycles. The molecule has 0 spiro atoms. The molecular formula is C24H24N4O. The van der Waals surface area contributed by atoms with Crippen molar-refractivity contribution in [3.05, 3.63) is 84.4 Å². The maximum atomic E-state index is 13.0. The van der Waals surface area contributed by atoms with Crippen LogP contribution in [0.4, 0.5) is 0 Å². The van der Waals surface area contributed by atoms with E-state index in [1.165, 1.54) is 0 Å². The maximum absolute atomic E-state index is 13.0. The molecule has 0 saturated heterocycles. The lowest BCUT2D eigenvalue weighted by molar-refractivity contribution is 0.0843. The van der Waals surface area contributed by atoms with E-state index in [4.69, 9.17) is 0 Å². The predicted molar refractivity (Wildman–Crippen MR) is 115 cm³/mol. The summed E-state index contributed by atoms with van der Waals surface area (Å²) >= 11 is 0. The van der Waals surface area contributed by atoms with Crippen molar-refractivity contribution >= 4 is 16.9 Å². The van der Waals surface area contributed by atoms with Crippen molar-refractivity contribution < 1.29 is 4.79 Å². The minimum absolute atomic E-state index is 0.135. The number of hydrogen-bond acceptors (Lipinski definition) is 3. The fourth-order valence-electron chi connectivity index (χ4n) is 3.37. The molecule has 0 aliphatic carbocycles. The Balaban J connectivity index is 1.61. The first-order valence-electron chi connectivity index (χ1n) is 9.70. The van der Waals surface area contributed by atoms with Gasteiger partial charge in [0.15, 0.2) is 0 Å². The molecule has 3 aromatic carbocycles. The zero-order valence-corrected chi connectivity index (χ0v) is 16.8. The van der Waals surface area contributed by atoms with Crippen LogP contribution in [0.5, 0.6) is 0 Å². The second-order valence-electron chi connectivity index (χ2n) is 8.21. The standard InChI is InChI=1S/C24H24N4O/c1-24(2,3)23(28-21-12-8-7-11-20(21)26-27-28)25-22(29)19-15-13-18(14-16-19)17-9-5-4-6-10-17/h4-16,23H,1-3H3,(H,25,29). The number of nitrogens with zero attached hydrogens (tertiary/aromatic N) is 3. The summed E-state index contributed by atoms with van der Waals surface area (Å²) in [6, 6.07) is 25.5. The minimum Gasteiger partial charge on any atom is -0.330 e. The Morgan fingerprint density at radius 2 is 1.48 bits per heavy atom. The number of carbonyl (C=O) groups is 1. The Hall–Kier alpha value is -3.47. The zero-order chi connectivity index (χ0) is 20.4. The molecule has 0 radical (unpaired) electrons. The number of fused-ring (bicyclic) bond motifs is 1. The molecule has 0 aliphatic rings. The molecule has 1 aromatic heterocycles. The highest BCUT2D eigenvalue weighted by Gasteiger charge is 2.30. The van der Waals surface area contributed by atoms with Crippen molar-refractivity contribution in [2.45, 2.75) is 26.9 Å². The van der Waals surface area contributed by atoms with Gasteiger partial charge in [0.05, 0.1) is 5.52 Å². The van der Waals surface area contributed by atoms with Crippen LogP contribution >= 0.6 is 0 Å². The molecule has 0 saturated carbocycles. The molecule has 0 bridgehead atoms. The summed E-state index contributed by atoms with van der Waals surface area (Å²) < 4.78 is 1.80. The first kappa shape index (κ1) is 18.9. The summed E-state index contributed by atoms with van der Waals surface area (Å²) in [5.41, 5.74) is 4.27. The molecule has 5 heteroatoms. The lowest BCUT2D eigenvalue weighted by atomic mass is 9.91. The van der Waals surface area contributed by atoms with Crippen LogP contribution in [0.1, 0.15) is 37.3 Å². The third-order valence-corrected chi connectivity index (χ3v) is 4.96. The quantitative estimate of drug-likeness (QED) is 0.534. The Morgan fingerprint density at radius 3 is 2.17 bits per heavy atom. The van der Waals surface area contributed by atoms with Crippen LogP contribution in [0, 0.1) is 5.41 Å². The van der Waals surface area contributed by atoms with Crippen molar-refractivity contribution in [2.24, 2.45) is 5.41 Å². The van der Waals surface area contributed by atoms with Crippen LogP contribution in [0.2, 0.25) is 0 Å². The fourth-order valence-corrected chi connectivity index (χ4v) is 3.37. The molecule has 0 fully saturated rings. The molecule has 5 nitrogen and oxygen atoms in total. The number of rotatable bonds is 4. The Kier molecular flexibility index (Phi) is 4.89. The lowest BCUT2D eigenvalue weighted by Crippen LogP contribution is -2.41. The van der Waals surface area contributed by atoms with E-state index >= 15 is 0 Å². The highest BCUT2D eigenvalue weighted by atomic mass is 16.1. The number of benzene rings is 3. The van der Waals surface area contributed by atoms with Gasteiger partial charge in [-0.2, -0.15) is 0 Å². The van der Waals surface area contributed by atoms with Crippen molar-refractivity contribution in [1.82, 2.24) is 20.3 Å². The van der Waals surface area contributed by atoms with E-state index in [1.807, 2.05) is 66.7 Å². The molecule has 1 atom stereocenters. The minimum atomic E-state index is -0.337. The van der Waals surface area contributed by atoms with Gasteiger partial charge >= 0.3 is 0 Å². The van der Waals surface area contributed by atoms with Gasteiger partial charge in [-0.15, -0.1) is 5.10 Å². The van der Waals surface area contributed by atoms with E-state index in [2.05, 4.69) is 48.5 Å². The number of hydrogen-bond donors (Lipinski definition) is 1. The van der Waals surface area contributed by atoms with E-state index in [9.17, 15) is 4.79 Å². The summed E-state index contributed by atoms with van der Waals surface area (Å²) in [5.74, 6) is -0.135. The van der Waals surface area contributed by atoms with Gasteiger partial charge < -0.3 is 5.32 Å². The van der Waals surface area contributed by atoms with Gasteiger partial charge in [-0.05, 0) is 35.4 Å². The van der Waals surface area contributed by atoms with E-state index in [1.54, 1.807) is 4.68 Å². The summed E-state index contributed by atoms with van der Waals surface area (Å²) in [6.07, 6.45) is -0.337. The zero-order valence-electron chi connectivity index (χ0n) is 16.8. The summed E-state index contributed by atoms with van der Waals surface area (Å²) in [7, 11) is 0. The van der Waals surface area contributed by atoms with Crippen LogP contribution in [-0.2, 0) is 0 Å². The predicted octanol–water partition coefficient (Wildman–Crippen LogP) is 5.07. The first-order chi connectivity index (χ1) is 13.9. The van der Waals surface area contributed by atoms with Crippen LogP contribution < -0.4 is 5.32 Å². The highest BCUT2D eigenvalue weighted by Crippen LogP contribution is 2.30. The van der Waals surface area contributed by atoms with Gasteiger partial charge in [-0.3, -0.25) is 4.79 Å². The van der Waals surface area contributed by atoms with Crippen molar-refractivity contribution in [2.75, 3.05) is 0 Å². The molecule has 1 unspecified atom stereocenters. The van der Waals surface area contributed by atoms with Gasteiger partial charge in [0.25, 0.3) is 5.91 Å². The molecule has 4 aromatic rings. The number of amides is 1. The van der Waals surface area contributed by atoms with E-state index in [-0.39, 0.29) is 17.5 Å². The van der Waals surface area contributed by atoms with Gasteiger partial charge in [0.2, 0.25) is 0 Å². The molecule has 0 aliphatic heterocycles. The second-order valence-corrected chi connectivity index (χ2v) is 8.21. The average Bonchev–Trinajstić information content (AvgIpc) is 3.15. The number of para-hydroxylation sites is 1. The Bertz CT molecular complexity index is 1120. The molecule has 4 rings (SSSR count). The first-order valence-corrected chi connectivity index (χ1v) is 9.70. The Labute approximate surface area is 170 Å². The normalized spacial score (nSPS) is 12.7. The number of aromatic nitrogens is 3. The smallest absolute Gasteiger partial charge is 0.252 e. The monoisotopic (exact) mass is 384 g/mol. The van der Waals surface area contributed by atoms with Crippen molar-refractivity contribution in [3.8, 4) is 11.1 Å². The summed E-state index contributed by atoms with van der Waals surface area (Å²) in [4.78, 5) is 13.0. The number of nitrogens with one attached hydrogen (secondary N) is 1. The van der Waals surface area contributed by atoms with E-state index < -0.39 is 0 Å². The fraction of sp³-hybridized carbons (Fsp3) is 0.208. The van der Waals surface area contributed by atoms with Crippen molar-refractivity contribution in [3.63, 3.8) is 0 Å². The van der Waals surface area contributed by atoms with Gasteiger partial charge in [-0.1, -0.05) is 80.6 Å². The molecule has 29 heavy (non-hydrogen) atoms. The van der Waals surface area contributed by atoms with Gasteiger partial charge in [-0.25, -0.2) is 4.68 Å². The van der Waals surface area contributed by atoms with Gasteiger partial charge in [0.1, 0.15) is 11.7 Å². The van der Waals surface area contributed by atoms with E-state index in [0.29, 0.717) is 5.56 Å². The highest BCUT2D eigenvalue weighted by molar-refractivity contribution is 5.95. The van der Waals surface area contributed by atoms with E-state index in [0.717, 1.165) is 22.2 Å². The van der Waals surface area contributed by atoms with Crippen LogP contribution in [0.25, 0.3) is 22.2 Å². The largest absolute Gasteiger partial charge is 0.330 e. The summed E-state index contributed by atoms with van der Waals surface area (Å²) in [6.45, 7) is 6.23. The topological polar surface area (TPSA) is 59.8 Å².